The SMILES string of the molecule is CC=CNOCCCOS(=O)(=O)c1ccc(C)cc1. The van der Waals surface area contributed by atoms with E-state index in [4.69, 9.17) is 9.02 Å². The molecular weight excluding hydrogens is 266 g/mol. The topological polar surface area (TPSA) is 64.6 Å². The minimum Gasteiger partial charge on any atom is -0.277 e. The van der Waals surface area contributed by atoms with E-state index >= 15 is 0 Å². The van der Waals surface area contributed by atoms with E-state index in [1.54, 1.807) is 24.4 Å². The van der Waals surface area contributed by atoms with Crippen molar-refractivity contribution < 1.29 is 17.4 Å². The molecular formula is C13H19NO4S. The number of aryl methyl sites for hydroxylation is 1. The molecule has 0 spiro atoms. The van der Waals surface area contributed by atoms with Crippen molar-refractivity contribution in [2.45, 2.75) is 25.2 Å². The smallest absolute Gasteiger partial charge is 0.277 e. The summed E-state index contributed by atoms with van der Waals surface area (Å²) in [5.74, 6) is 0. The summed E-state index contributed by atoms with van der Waals surface area (Å²) in [5, 5.41) is 0. The number of nitrogens with one attached hydrogen (secondary N) is 1. The average molecular weight is 285 g/mol. The van der Waals surface area contributed by atoms with Crippen LogP contribution in [0.2, 0.25) is 0 Å². The van der Waals surface area contributed by atoms with Crippen molar-refractivity contribution in [3.8, 4) is 0 Å². The third kappa shape index (κ3) is 5.87. The number of allylic oxidation sites excluding steroid dienone is 1. The zero-order chi connectivity index (χ0) is 14.1. The molecule has 0 aliphatic heterocycles. The molecule has 0 aromatic heterocycles. The second-order valence-electron chi connectivity index (χ2n) is 3.91. The average Bonchev–Trinajstić information content (AvgIpc) is 2.38. The van der Waals surface area contributed by atoms with E-state index < -0.39 is 10.1 Å². The lowest BCUT2D eigenvalue weighted by Crippen LogP contribution is -2.12. The van der Waals surface area contributed by atoms with Crippen LogP contribution in [0.4, 0.5) is 0 Å². The molecule has 1 N–H and O–H groups in total. The van der Waals surface area contributed by atoms with Gasteiger partial charge < -0.3 is 0 Å². The molecule has 0 atom stereocenters. The number of hydrogen-bond acceptors (Lipinski definition) is 5. The van der Waals surface area contributed by atoms with Gasteiger partial charge in [0.05, 0.1) is 18.1 Å². The van der Waals surface area contributed by atoms with Crippen molar-refractivity contribution in [1.29, 1.82) is 0 Å². The van der Waals surface area contributed by atoms with E-state index in [1.165, 1.54) is 12.1 Å². The summed E-state index contributed by atoms with van der Waals surface area (Å²) in [6, 6.07) is 6.55. The van der Waals surface area contributed by atoms with Gasteiger partial charge in [0.15, 0.2) is 0 Å². The van der Waals surface area contributed by atoms with Gasteiger partial charge in [-0.2, -0.15) is 8.42 Å². The monoisotopic (exact) mass is 285 g/mol. The fourth-order valence-electron chi connectivity index (χ4n) is 1.25. The summed E-state index contributed by atoms with van der Waals surface area (Å²) >= 11 is 0. The van der Waals surface area contributed by atoms with Crippen molar-refractivity contribution in [1.82, 2.24) is 5.48 Å². The second kappa shape index (κ2) is 7.93. The lowest BCUT2D eigenvalue weighted by molar-refractivity contribution is 0.0624. The van der Waals surface area contributed by atoms with Crippen molar-refractivity contribution in [3.05, 3.63) is 42.1 Å². The van der Waals surface area contributed by atoms with Crippen LogP contribution in [0.1, 0.15) is 18.9 Å². The first-order valence-corrected chi connectivity index (χ1v) is 7.41. The summed E-state index contributed by atoms with van der Waals surface area (Å²) in [6.45, 7) is 4.21. The number of hydrogen-bond donors (Lipinski definition) is 1. The molecule has 106 valence electrons. The van der Waals surface area contributed by atoms with Crippen LogP contribution in [-0.4, -0.2) is 21.6 Å². The molecule has 0 heterocycles. The molecule has 0 radical (unpaired) electrons. The standard InChI is InChI=1S/C13H19NO4S/c1-3-9-14-17-10-4-11-18-19(15,16)13-7-5-12(2)6-8-13/h3,5-9,14H,4,10-11H2,1-2H3. The number of rotatable bonds is 8. The highest BCUT2D eigenvalue weighted by molar-refractivity contribution is 7.86. The Morgan fingerprint density at radius 2 is 1.89 bits per heavy atom. The quantitative estimate of drug-likeness (QED) is 0.450. The van der Waals surface area contributed by atoms with Crippen LogP contribution in [0, 0.1) is 6.92 Å². The highest BCUT2D eigenvalue weighted by atomic mass is 32.2. The molecule has 0 bridgehead atoms. The molecule has 0 amide bonds. The van der Waals surface area contributed by atoms with Crippen LogP contribution in [0.3, 0.4) is 0 Å². The van der Waals surface area contributed by atoms with Gasteiger partial charge in [-0.15, -0.1) is 0 Å². The fourth-order valence-corrected chi connectivity index (χ4v) is 2.19. The summed E-state index contributed by atoms with van der Waals surface area (Å²) in [7, 11) is -3.66. The van der Waals surface area contributed by atoms with E-state index in [2.05, 4.69) is 5.48 Å². The van der Waals surface area contributed by atoms with E-state index in [1.807, 2.05) is 13.8 Å². The van der Waals surface area contributed by atoms with Crippen molar-refractivity contribution in [2.24, 2.45) is 0 Å². The van der Waals surface area contributed by atoms with Gasteiger partial charge in [-0.1, -0.05) is 23.8 Å². The first-order chi connectivity index (χ1) is 9.06. The fraction of sp³-hybridized carbons (Fsp3) is 0.385. The Morgan fingerprint density at radius 3 is 2.53 bits per heavy atom. The third-order valence-electron chi connectivity index (χ3n) is 2.26. The van der Waals surface area contributed by atoms with E-state index in [-0.39, 0.29) is 11.5 Å². The zero-order valence-corrected chi connectivity index (χ0v) is 11.9. The largest absolute Gasteiger partial charge is 0.296 e. The first-order valence-electron chi connectivity index (χ1n) is 6.01. The molecule has 0 aliphatic rings. The van der Waals surface area contributed by atoms with Crippen molar-refractivity contribution >= 4 is 10.1 Å². The van der Waals surface area contributed by atoms with Gasteiger partial charge in [0.1, 0.15) is 0 Å². The molecule has 0 unspecified atom stereocenters. The van der Waals surface area contributed by atoms with Crippen LogP contribution >= 0.6 is 0 Å². The van der Waals surface area contributed by atoms with Gasteiger partial charge in [0.25, 0.3) is 10.1 Å². The lowest BCUT2D eigenvalue weighted by Gasteiger charge is -2.06. The molecule has 19 heavy (non-hydrogen) atoms. The molecule has 0 fully saturated rings. The number of benzene rings is 1. The molecule has 6 heteroatoms. The molecule has 0 aliphatic carbocycles. The predicted molar refractivity (Wildman–Crippen MR) is 72.8 cm³/mol. The Balaban J connectivity index is 2.33. The minimum absolute atomic E-state index is 0.0910. The molecule has 0 saturated heterocycles. The molecule has 1 rings (SSSR count). The van der Waals surface area contributed by atoms with E-state index in [9.17, 15) is 8.42 Å². The molecule has 1 aromatic rings. The Bertz CT molecular complexity index is 494. The van der Waals surface area contributed by atoms with Crippen LogP contribution < -0.4 is 5.48 Å². The Hall–Kier alpha value is -1.37. The van der Waals surface area contributed by atoms with Crippen LogP contribution in [0.25, 0.3) is 0 Å². The summed E-state index contributed by atoms with van der Waals surface area (Å²) in [5.41, 5.74) is 3.59. The third-order valence-corrected chi connectivity index (χ3v) is 3.58. The van der Waals surface area contributed by atoms with Gasteiger partial charge >= 0.3 is 0 Å². The highest BCUT2D eigenvalue weighted by Crippen LogP contribution is 2.13. The molecule has 0 saturated carbocycles. The van der Waals surface area contributed by atoms with Gasteiger partial charge in [-0.25, -0.2) is 0 Å². The summed E-state index contributed by atoms with van der Waals surface area (Å²) in [6.07, 6.45) is 3.91. The summed E-state index contributed by atoms with van der Waals surface area (Å²) in [4.78, 5) is 5.17. The zero-order valence-electron chi connectivity index (χ0n) is 11.1. The van der Waals surface area contributed by atoms with E-state index in [0.717, 1.165) is 5.56 Å². The van der Waals surface area contributed by atoms with Crippen LogP contribution in [0.15, 0.2) is 41.4 Å². The predicted octanol–water partition coefficient (Wildman–Crippen LogP) is 2.15. The van der Waals surface area contributed by atoms with Gasteiger partial charge in [-0.3, -0.25) is 14.5 Å². The number of hydroxylamine groups is 1. The Labute approximate surface area is 114 Å². The van der Waals surface area contributed by atoms with Crippen molar-refractivity contribution in [2.75, 3.05) is 13.2 Å². The second-order valence-corrected chi connectivity index (χ2v) is 5.52. The van der Waals surface area contributed by atoms with Crippen LogP contribution in [0.5, 0.6) is 0 Å². The first kappa shape index (κ1) is 15.7. The highest BCUT2D eigenvalue weighted by Gasteiger charge is 2.14. The minimum atomic E-state index is -3.66. The van der Waals surface area contributed by atoms with Crippen molar-refractivity contribution in [3.63, 3.8) is 0 Å². The molecule has 5 nitrogen and oxygen atoms in total. The maximum atomic E-state index is 11.8. The maximum Gasteiger partial charge on any atom is 0.296 e. The molecule has 1 aromatic carbocycles. The normalized spacial score (nSPS) is 11.9. The van der Waals surface area contributed by atoms with Gasteiger partial charge in [0, 0.05) is 6.20 Å². The van der Waals surface area contributed by atoms with Gasteiger partial charge in [0.2, 0.25) is 0 Å². The van der Waals surface area contributed by atoms with E-state index in [0.29, 0.717) is 13.0 Å². The summed E-state index contributed by atoms with van der Waals surface area (Å²) < 4.78 is 28.5. The lowest BCUT2D eigenvalue weighted by atomic mass is 10.2. The Kier molecular flexibility index (Phi) is 6.55. The van der Waals surface area contributed by atoms with Crippen LogP contribution in [-0.2, 0) is 19.1 Å². The Morgan fingerprint density at radius 1 is 1.21 bits per heavy atom. The van der Waals surface area contributed by atoms with Gasteiger partial charge in [-0.05, 0) is 32.4 Å². The maximum absolute atomic E-state index is 11.8.